The number of aliphatic hydroxyl groups is 1. The Balaban J connectivity index is 1.44. The average molecular weight is 501 g/mol. The van der Waals surface area contributed by atoms with Gasteiger partial charge in [-0.2, -0.15) is 0 Å². The number of aromatic nitrogens is 4. The number of fused-ring (bicyclic) bond motifs is 2. The van der Waals surface area contributed by atoms with E-state index in [4.69, 9.17) is 4.74 Å². The Morgan fingerprint density at radius 2 is 2.11 bits per heavy atom. The number of ether oxygens (including phenoxy) is 1. The van der Waals surface area contributed by atoms with Crippen molar-refractivity contribution < 1.29 is 24.5 Å². The first kappa shape index (κ1) is 23.1. The van der Waals surface area contributed by atoms with Crippen LogP contribution in [-0.2, 0) is 24.9 Å². The van der Waals surface area contributed by atoms with Gasteiger partial charge in [-0.05, 0) is 30.2 Å². The van der Waals surface area contributed by atoms with E-state index in [0.717, 1.165) is 33.5 Å². The molecule has 1 unspecified atom stereocenters. The Labute approximate surface area is 211 Å². The predicted octanol–water partition coefficient (Wildman–Crippen LogP) is 3.40. The normalized spacial score (nSPS) is 17.0. The van der Waals surface area contributed by atoms with Crippen LogP contribution < -0.4 is 5.32 Å². The molecule has 0 saturated carbocycles. The predicted molar refractivity (Wildman–Crippen MR) is 133 cm³/mol. The van der Waals surface area contributed by atoms with Crippen molar-refractivity contribution in [2.75, 3.05) is 18.5 Å². The summed E-state index contributed by atoms with van der Waals surface area (Å²) in [6.45, 7) is 0.906. The number of nitrogens with one attached hydrogen (secondary N) is 1. The highest BCUT2D eigenvalue weighted by atomic mass is 16.5. The van der Waals surface area contributed by atoms with Gasteiger partial charge in [0.2, 0.25) is 0 Å². The van der Waals surface area contributed by atoms with E-state index in [1.54, 1.807) is 12.3 Å². The lowest BCUT2D eigenvalue weighted by Crippen LogP contribution is -2.29. The largest absolute Gasteiger partial charge is 0.465 e. The summed E-state index contributed by atoms with van der Waals surface area (Å²) in [4.78, 5) is 39.5. The van der Waals surface area contributed by atoms with E-state index < -0.39 is 12.0 Å². The number of nitrogens with zero attached hydrogens (tertiary/aromatic N) is 5. The van der Waals surface area contributed by atoms with E-state index in [1.165, 1.54) is 6.20 Å². The lowest BCUT2D eigenvalue weighted by atomic mass is 9.97. The monoisotopic (exact) mass is 500 g/mol. The number of carbonyl (C=O) groups is 2. The molecule has 2 aliphatic rings. The Hall–Kier alpha value is -4.35. The van der Waals surface area contributed by atoms with E-state index >= 15 is 0 Å². The zero-order valence-electron chi connectivity index (χ0n) is 20.0. The summed E-state index contributed by atoms with van der Waals surface area (Å²) < 4.78 is 7.36. The quantitative estimate of drug-likeness (QED) is 0.376. The number of anilines is 2. The fourth-order valence-corrected chi connectivity index (χ4v) is 5.17. The summed E-state index contributed by atoms with van der Waals surface area (Å²) in [5.74, 6) is -0.0386. The summed E-state index contributed by atoms with van der Waals surface area (Å²) >= 11 is 0. The van der Waals surface area contributed by atoms with Gasteiger partial charge in [0.05, 0.1) is 48.6 Å². The van der Waals surface area contributed by atoms with Gasteiger partial charge in [-0.15, -0.1) is 0 Å². The molecule has 4 aromatic rings. The van der Waals surface area contributed by atoms with Crippen molar-refractivity contribution in [3.63, 3.8) is 0 Å². The van der Waals surface area contributed by atoms with Gasteiger partial charge in [-0.3, -0.25) is 9.78 Å². The molecule has 188 valence electrons. The molecular formula is C26H24N6O5. The summed E-state index contributed by atoms with van der Waals surface area (Å²) in [6, 6.07) is 7.40. The second-order valence-corrected chi connectivity index (χ2v) is 9.15. The van der Waals surface area contributed by atoms with Crippen LogP contribution in [0.15, 0.2) is 42.9 Å². The molecule has 37 heavy (non-hydrogen) atoms. The first-order valence-corrected chi connectivity index (χ1v) is 11.9. The molecular weight excluding hydrogens is 476 g/mol. The van der Waals surface area contributed by atoms with E-state index in [0.29, 0.717) is 41.7 Å². The number of pyridine rings is 3. The summed E-state index contributed by atoms with van der Waals surface area (Å²) in [6.07, 6.45) is 4.61. The molecule has 2 amide bonds. The van der Waals surface area contributed by atoms with Crippen molar-refractivity contribution in [3.05, 3.63) is 65.2 Å². The van der Waals surface area contributed by atoms with Crippen molar-refractivity contribution in [2.45, 2.75) is 25.5 Å². The summed E-state index contributed by atoms with van der Waals surface area (Å²) in [5, 5.41) is 23.6. The van der Waals surface area contributed by atoms with E-state index in [9.17, 15) is 19.8 Å². The third-order valence-electron chi connectivity index (χ3n) is 7.00. The fraction of sp³-hybridized carbons (Fsp3) is 0.269. The molecule has 0 aromatic carbocycles. The Morgan fingerprint density at radius 3 is 2.86 bits per heavy atom. The number of amides is 2. The minimum atomic E-state index is -1.33. The zero-order chi connectivity index (χ0) is 25.7. The lowest BCUT2D eigenvalue weighted by Gasteiger charge is -2.16. The number of carbonyl (C=O) groups excluding carboxylic acids is 1. The number of rotatable bonds is 5. The third kappa shape index (κ3) is 3.79. The van der Waals surface area contributed by atoms with Gasteiger partial charge in [-0.1, -0.05) is 6.07 Å². The minimum absolute atomic E-state index is 0.117. The van der Waals surface area contributed by atoms with Crippen molar-refractivity contribution >= 4 is 34.5 Å². The van der Waals surface area contributed by atoms with Crippen LogP contribution in [0.5, 0.6) is 0 Å². The van der Waals surface area contributed by atoms with Crippen LogP contribution in [-0.4, -0.2) is 59.8 Å². The molecule has 11 nitrogen and oxygen atoms in total. The van der Waals surface area contributed by atoms with Gasteiger partial charge < -0.3 is 24.8 Å². The number of aryl methyl sites for hydroxylation is 1. The molecule has 6 heterocycles. The SMILES string of the molecule is Cn1ccc2c(-c3ncc(Nc4ccc(C5CCOC5)c(CO)n4)c4c3CN(C(=O)O)C4=O)ccnc21. The Bertz CT molecular complexity index is 1560. The molecule has 1 fully saturated rings. The number of imide groups is 1. The minimum Gasteiger partial charge on any atom is -0.465 e. The van der Waals surface area contributed by atoms with Crippen molar-refractivity contribution in [1.82, 2.24) is 24.4 Å². The number of aliphatic hydroxyl groups excluding tert-OH is 1. The van der Waals surface area contributed by atoms with Gasteiger partial charge >= 0.3 is 6.09 Å². The van der Waals surface area contributed by atoms with Crippen LogP contribution in [0, 0.1) is 0 Å². The van der Waals surface area contributed by atoms with Crippen LogP contribution >= 0.6 is 0 Å². The number of carboxylic acid groups (broad SMARTS) is 1. The lowest BCUT2D eigenvalue weighted by molar-refractivity contribution is 0.0764. The van der Waals surface area contributed by atoms with Crippen LogP contribution in [0.25, 0.3) is 22.3 Å². The molecule has 1 atom stereocenters. The fourth-order valence-electron chi connectivity index (χ4n) is 5.17. The maximum absolute atomic E-state index is 13.2. The smallest absolute Gasteiger partial charge is 0.414 e. The maximum Gasteiger partial charge on any atom is 0.414 e. The van der Waals surface area contributed by atoms with E-state index in [1.807, 2.05) is 36.0 Å². The summed E-state index contributed by atoms with van der Waals surface area (Å²) in [5.41, 5.74) is 4.59. The Kier molecular flexibility index (Phi) is 5.58. The molecule has 6 rings (SSSR count). The second-order valence-electron chi connectivity index (χ2n) is 9.15. The van der Waals surface area contributed by atoms with Gasteiger partial charge in [-0.25, -0.2) is 19.7 Å². The average Bonchev–Trinajstić information content (AvgIpc) is 3.64. The molecule has 0 aliphatic carbocycles. The second kappa shape index (κ2) is 8.95. The van der Waals surface area contributed by atoms with Crippen molar-refractivity contribution in [3.8, 4) is 11.3 Å². The summed E-state index contributed by atoms with van der Waals surface area (Å²) in [7, 11) is 1.89. The highest BCUT2D eigenvalue weighted by Crippen LogP contribution is 2.39. The molecule has 0 radical (unpaired) electrons. The van der Waals surface area contributed by atoms with E-state index in [2.05, 4.69) is 20.3 Å². The molecule has 2 aliphatic heterocycles. The first-order valence-electron chi connectivity index (χ1n) is 11.9. The molecule has 0 spiro atoms. The van der Waals surface area contributed by atoms with Crippen LogP contribution in [0.2, 0.25) is 0 Å². The highest BCUT2D eigenvalue weighted by molar-refractivity contribution is 6.11. The highest BCUT2D eigenvalue weighted by Gasteiger charge is 2.37. The van der Waals surface area contributed by atoms with Gasteiger partial charge in [0.1, 0.15) is 11.5 Å². The van der Waals surface area contributed by atoms with Gasteiger partial charge in [0.25, 0.3) is 5.91 Å². The zero-order valence-corrected chi connectivity index (χ0v) is 20.0. The van der Waals surface area contributed by atoms with Crippen molar-refractivity contribution in [1.29, 1.82) is 0 Å². The van der Waals surface area contributed by atoms with Crippen LogP contribution in [0.1, 0.15) is 39.5 Å². The number of hydrogen-bond acceptors (Lipinski definition) is 8. The number of hydrogen-bond donors (Lipinski definition) is 3. The third-order valence-corrected chi connectivity index (χ3v) is 7.00. The molecule has 0 bridgehead atoms. The molecule has 1 saturated heterocycles. The maximum atomic E-state index is 13.2. The van der Waals surface area contributed by atoms with Gasteiger partial charge in [0, 0.05) is 48.5 Å². The van der Waals surface area contributed by atoms with Gasteiger partial charge in [0.15, 0.2) is 0 Å². The topological polar surface area (TPSA) is 143 Å². The Morgan fingerprint density at radius 1 is 1.24 bits per heavy atom. The van der Waals surface area contributed by atoms with Crippen LogP contribution in [0.4, 0.5) is 16.3 Å². The molecule has 3 N–H and O–H groups in total. The van der Waals surface area contributed by atoms with Crippen LogP contribution in [0.3, 0.4) is 0 Å². The van der Waals surface area contributed by atoms with Crippen molar-refractivity contribution in [2.24, 2.45) is 7.05 Å². The molecule has 4 aromatic heterocycles. The first-order chi connectivity index (χ1) is 18.0. The standard InChI is InChI=1S/C26H24N6O5/c1-31-8-5-17-16(4-7-27-24(17)31)23-18-11-32(26(35)36)25(34)22(18)19(10-28-23)29-21-3-2-15(20(12-33)30-21)14-6-9-37-13-14/h2-5,7-8,10,14,33H,6,9,11-13H2,1H3,(H,29,30)(H,35,36). The molecule has 11 heteroatoms. The van der Waals surface area contributed by atoms with E-state index in [-0.39, 0.29) is 24.6 Å².